The molecule has 1 heterocycles. The molecule has 0 saturated carbocycles. The number of hydrogen-bond donors (Lipinski definition) is 2. The average Bonchev–Trinajstić information content (AvgIpc) is 2.88. The molecule has 0 atom stereocenters. The molecule has 0 saturated heterocycles. The average molecular weight is 275 g/mol. The summed E-state index contributed by atoms with van der Waals surface area (Å²) in [7, 11) is 0. The zero-order valence-electron chi connectivity index (χ0n) is 11.3. The van der Waals surface area contributed by atoms with E-state index >= 15 is 0 Å². The number of aliphatic hydroxyl groups is 1. The summed E-state index contributed by atoms with van der Waals surface area (Å²) in [5.41, 5.74) is 2.21. The van der Waals surface area contributed by atoms with Crippen molar-refractivity contribution in [1.82, 2.24) is 15.0 Å². The van der Waals surface area contributed by atoms with E-state index in [0.29, 0.717) is 11.4 Å². The lowest BCUT2D eigenvalue weighted by molar-refractivity contribution is 0.0697. The number of unbranched alkanes of at least 4 members (excludes halogenated alkanes) is 1. The summed E-state index contributed by atoms with van der Waals surface area (Å²) in [5, 5.41) is 26.3. The normalized spacial score (nSPS) is 10.7. The first-order valence-electron chi connectivity index (χ1n) is 6.55. The molecule has 1 aromatic carbocycles. The Morgan fingerprint density at radius 3 is 2.85 bits per heavy atom. The van der Waals surface area contributed by atoms with E-state index < -0.39 is 5.97 Å². The van der Waals surface area contributed by atoms with Crippen LogP contribution < -0.4 is 0 Å². The van der Waals surface area contributed by atoms with Gasteiger partial charge in [-0.15, -0.1) is 5.10 Å². The van der Waals surface area contributed by atoms with Gasteiger partial charge in [0.15, 0.2) is 0 Å². The zero-order chi connectivity index (χ0) is 14.5. The monoisotopic (exact) mass is 275 g/mol. The molecule has 2 N–H and O–H groups in total. The predicted molar refractivity (Wildman–Crippen MR) is 72.9 cm³/mol. The second-order valence-corrected chi connectivity index (χ2v) is 4.51. The van der Waals surface area contributed by atoms with Crippen LogP contribution in [0, 0.1) is 0 Å². The summed E-state index contributed by atoms with van der Waals surface area (Å²) in [6.07, 6.45) is 2.72. The van der Waals surface area contributed by atoms with Gasteiger partial charge in [-0.2, -0.15) is 0 Å². The van der Waals surface area contributed by atoms with Crippen LogP contribution in [0.5, 0.6) is 0 Å². The van der Waals surface area contributed by atoms with Gasteiger partial charge < -0.3 is 10.2 Å². The zero-order valence-corrected chi connectivity index (χ0v) is 11.3. The standard InChI is InChI=1S/C14H17N3O3/c1-2-3-7-13-12(9-18)15-16-17(13)11-6-4-5-10(8-11)14(19)20/h4-6,8,18H,2-3,7,9H2,1H3,(H,19,20). The van der Waals surface area contributed by atoms with E-state index in [1.54, 1.807) is 22.9 Å². The van der Waals surface area contributed by atoms with Crippen LogP contribution in [0.25, 0.3) is 5.69 Å². The highest BCUT2D eigenvalue weighted by Gasteiger charge is 2.14. The highest BCUT2D eigenvalue weighted by atomic mass is 16.4. The van der Waals surface area contributed by atoms with Crippen molar-refractivity contribution in [3.63, 3.8) is 0 Å². The number of nitrogens with zero attached hydrogens (tertiary/aromatic N) is 3. The molecule has 20 heavy (non-hydrogen) atoms. The Labute approximate surface area is 116 Å². The quantitative estimate of drug-likeness (QED) is 0.839. The van der Waals surface area contributed by atoms with Crippen molar-refractivity contribution >= 4 is 5.97 Å². The lowest BCUT2D eigenvalue weighted by atomic mass is 10.1. The van der Waals surface area contributed by atoms with Gasteiger partial charge in [0.25, 0.3) is 0 Å². The van der Waals surface area contributed by atoms with Crippen LogP contribution in [-0.4, -0.2) is 31.2 Å². The fourth-order valence-corrected chi connectivity index (χ4v) is 2.03. The summed E-state index contributed by atoms with van der Waals surface area (Å²) in [6, 6.07) is 6.52. The number of benzene rings is 1. The van der Waals surface area contributed by atoms with Gasteiger partial charge in [0.1, 0.15) is 5.69 Å². The van der Waals surface area contributed by atoms with Gasteiger partial charge in [-0.3, -0.25) is 0 Å². The molecule has 0 aliphatic heterocycles. The van der Waals surface area contributed by atoms with E-state index in [0.717, 1.165) is 25.0 Å². The number of rotatable bonds is 6. The first-order chi connectivity index (χ1) is 9.67. The molecule has 0 aliphatic rings. The smallest absolute Gasteiger partial charge is 0.335 e. The molecule has 0 amide bonds. The Bertz CT molecular complexity index is 607. The number of carboxylic acid groups (broad SMARTS) is 1. The van der Waals surface area contributed by atoms with E-state index in [1.807, 2.05) is 0 Å². The van der Waals surface area contributed by atoms with Crippen LogP contribution in [0.2, 0.25) is 0 Å². The molecule has 0 unspecified atom stereocenters. The minimum Gasteiger partial charge on any atom is -0.478 e. The van der Waals surface area contributed by atoms with E-state index in [4.69, 9.17) is 5.11 Å². The molecule has 6 heteroatoms. The first kappa shape index (κ1) is 14.2. The van der Waals surface area contributed by atoms with E-state index in [1.165, 1.54) is 6.07 Å². The third kappa shape index (κ3) is 2.85. The number of aromatic carboxylic acids is 1. The number of aliphatic hydroxyl groups excluding tert-OH is 1. The van der Waals surface area contributed by atoms with Crippen LogP contribution in [0.3, 0.4) is 0 Å². The van der Waals surface area contributed by atoms with Crippen LogP contribution in [-0.2, 0) is 13.0 Å². The fraction of sp³-hybridized carbons (Fsp3) is 0.357. The van der Waals surface area contributed by atoms with Gasteiger partial charge in [0.2, 0.25) is 0 Å². The Morgan fingerprint density at radius 2 is 2.20 bits per heavy atom. The highest BCUT2D eigenvalue weighted by molar-refractivity contribution is 5.88. The van der Waals surface area contributed by atoms with Gasteiger partial charge in [-0.1, -0.05) is 24.6 Å². The number of carboxylic acids is 1. The maximum Gasteiger partial charge on any atom is 0.335 e. The molecular formula is C14H17N3O3. The summed E-state index contributed by atoms with van der Waals surface area (Å²) < 4.78 is 1.60. The highest BCUT2D eigenvalue weighted by Crippen LogP contribution is 2.17. The van der Waals surface area contributed by atoms with Gasteiger partial charge in [0, 0.05) is 0 Å². The summed E-state index contributed by atoms with van der Waals surface area (Å²) in [6.45, 7) is 1.91. The topological polar surface area (TPSA) is 88.2 Å². The molecule has 2 rings (SSSR count). The van der Waals surface area contributed by atoms with Gasteiger partial charge in [0.05, 0.1) is 23.6 Å². The number of carbonyl (C=O) groups is 1. The van der Waals surface area contributed by atoms with Crippen LogP contribution >= 0.6 is 0 Å². The molecular weight excluding hydrogens is 258 g/mol. The second kappa shape index (κ2) is 6.29. The molecule has 2 aromatic rings. The third-order valence-electron chi connectivity index (χ3n) is 3.10. The molecule has 6 nitrogen and oxygen atoms in total. The predicted octanol–water partition coefficient (Wildman–Crippen LogP) is 1.80. The Balaban J connectivity index is 2.43. The molecule has 0 spiro atoms. The second-order valence-electron chi connectivity index (χ2n) is 4.51. The Kier molecular flexibility index (Phi) is 4.47. The summed E-state index contributed by atoms with van der Waals surface area (Å²) >= 11 is 0. The summed E-state index contributed by atoms with van der Waals surface area (Å²) in [5.74, 6) is -0.982. The van der Waals surface area contributed by atoms with Crippen molar-refractivity contribution in [1.29, 1.82) is 0 Å². The molecule has 106 valence electrons. The van der Waals surface area contributed by atoms with Crippen molar-refractivity contribution < 1.29 is 15.0 Å². The fourth-order valence-electron chi connectivity index (χ4n) is 2.03. The van der Waals surface area contributed by atoms with Crippen molar-refractivity contribution in [2.24, 2.45) is 0 Å². The van der Waals surface area contributed by atoms with E-state index in [2.05, 4.69) is 17.2 Å². The van der Waals surface area contributed by atoms with E-state index in [9.17, 15) is 9.90 Å². The van der Waals surface area contributed by atoms with Crippen LogP contribution in [0.15, 0.2) is 24.3 Å². The SMILES string of the molecule is CCCCc1c(CO)nnn1-c1cccc(C(=O)O)c1. The van der Waals surface area contributed by atoms with Crippen molar-refractivity contribution in [2.45, 2.75) is 32.8 Å². The maximum atomic E-state index is 11.0. The van der Waals surface area contributed by atoms with Crippen LogP contribution in [0.4, 0.5) is 0 Å². The number of hydrogen-bond acceptors (Lipinski definition) is 4. The van der Waals surface area contributed by atoms with Gasteiger partial charge >= 0.3 is 5.97 Å². The van der Waals surface area contributed by atoms with Gasteiger partial charge in [-0.05, 0) is 31.0 Å². The first-order valence-corrected chi connectivity index (χ1v) is 6.55. The molecule has 0 bridgehead atoms. The van der Waals surface area contributed by atoms with E-state index in [-0.39, 0.29) is 12.2 Å². The van der Waals surface area contributed by atoms with Crippen LogP contribution in [0.1, 0.15) is 41.5 Å². The molecule has 0 aliphatic carbocycles. The van der Waals surface area contributed by atoms with Gasteiger partial charge in [-0.25, -0.2) is 9.48 Å². The molecule has 1 aromatic heterocycles. The Morgan fingerprint density at radius 1 is 1.40 bits per heavy atom. The summed E-state index contributed by atoms with van der Waals surface area (Å²) in [4.78, 5) is 11.0. The Hall–Kier alpha value is -2.21. The largest absolute Gasteiger partial charge is 0.478 e. The maximum absolute atomic E-state index is 11.0. The van der Waals surface area contributed by atoms with Crippen molar-refractivity contribution in [2.75, 3.05) is 0 Å². The molecule has 0 fully saturated rings. The minimum atomic E-state index is -0.982. The number of aromatic nitrogens is 3. The molecule has 0 radical (unpaired) electrons. The lowest BCUT2D eigenvalue weighted by Gasteiger charge is -2.07. The van der Waals surface area contributed by atoms with Crippen molar-refractivity contribution in [3.05, 3.63) is 41.2 Å². The van der Waals surface area contributed by atoms with Crippen molar-refractivity contribution in [3.8, 4) is 5.69 Å². The minimum absolute atomic E-state index is 0.169. The lowest BCUT2D eigenvalue weighted by Crippen LogP contribution is -2.06. The third-order valence-corrected chi connectivity index (χ3v) is 3.10.